The third-order valence-electron chi connectivity index (χ3n) is 6.93. The Morgan fingerprint density at radius 2 is 1.97 bits per heavy atom. The number of Topliss-reactive ketones (excluding diaryl/α,β-unsaturated/α-hetero) is 1. The minimum Gasteiger partial charge on any atom is -0.484 e. The largest absolute Gasteiger partial charge is 0.484 e. The normalized spacial score (nSPS) is 24.5. The fraction of sp³-hybridized carbons (Fsp3) is 0.654. The van der Waals surface area contributed by atoms with Crippen molar-refractivity contribution in [2.75, 3.05) is 20.2 Å². The van der Waals surface area contributed by atoms with Crippen LogP contribution in [0.15, 0.2) is 18.2 Å². The van der Waals surface area contributed by atoms with Crippen LogP contribution in [0, 0.1) is 11.8 Å². The smallest absolute Gasteiger partial charge is 0.410 e. The lowest BCUT2D eigenvalue weighted by atomic mass is 9.80. The molecule has 3 unspecified atom stereocenters. The molecule has 7 heteroatoms. The van der Waals surface area contributed by atoms with Crippen molar-refractivity contribution in [2.45, 2.75) is 76.9 Å². The molecule has 180 valence electrons. The van der Waals surface area contributed by atoms with E-state index in [0.717, 1.165) is 24.8 Å². The van der Waals surface area contributed by atoms with E-state index in [-0.39, 0.29) is 36.1 Å². The van der Waals surface area contributed by atoms with Crippen molar-refractivity contribution in [3.8, 4) is 5.75 Å². The summed E-state index contributed by atoms with van der Waals surface area (Å²) in [6.45, 7) is 8.34. The molecule has 1 amide bonds. The summed E-state index contributed by atoms with van der Waals surface area (Å²) >= 11 is 0. The first kappa shape index (κ1) is 23.6. The van der Waals surface area contributed by atoms with Gasteiger partial charge in [-0.25, -0.2) is 4.79 Å². The fourth-order valence-electron chi connectivity index (χ4n) is 5.28. The van der Waals surface area contributed by atoms with Gasteiger partial charge >= 0.3 is 12.1 Å². The highest BCUT2D eigenvalue weighted by Crippen LogP contribution is 2.49. The predicted octanol–water partition coefficient (Wildman–Crippen LogP) is 4.72. The molecule has 1 aliphatic carbocycles. The summed E-state index contributed by atoms with van der Waals surface area (Å²) in [5.74, 6) is 0.548. The second-order valence-electron chi connectivity index (χ2n) is 10.8. The molecule has 33 heavy (non-hydrogen) atoms. The van der Waals surface area contributed by atoms with Crippen LogP contribution in [-0.4, -0.2) is 54.1 Å². The highest BCUT2D eigenvalue weighted by atomic mass is 16.6. The van der Waals surface area contributed by atoms with E-state index in [4.69, 9.17) is 14.2 Å². The Balaban J connectivity index is 1.59. The molecule has 0 bridgehead atoms. The minimum atomic E-state index is -0.749. The molecule has 2 heterocycles. The first-order chi connectivity index (χ1) is 15.5. The number of amides is 1. The molecular formula is C26H35NO6. The van der Waals surface area contributed by atoms with Crippen molar-refractivity contribution in [1.82, 2.24) is 4.90 Å². The molecule has 1 spiro atoms. The van der Waals surface area contributed by atoms with Crippen LogP contribution < -0.4 is 4.74 Å². The Kier molecular flexibility index (Phi) is 6.18. The van der Waals surface area contributed by atoms with Gasteiger partial charge in [-0.2, -0.15) is 0 Å². The zero-order chi connectivity index (χ0) is 24.0. The predicted molar refractivity (Wildman–Crippen MR) is 122 cm³/mol. The summed E-state index contributed by atoms with van der Waals surface area (Å²) in [6, 6.07) is 5.71. The third-order valence-corrected chi connectivity index (χ3v) is 6.93. The second kappa shape index (κ2) is 8.65. The Labute approximate surface area is 195 Å². The quantitative estimate of drug-likeness (QED) is 0.608. The molecule has 0 radical (unpaired) electrons. The van der Waals surface area contributed by atoms with E-state index in [1.165, 1.54) is 7.11 Å². The van der Waals surface area contributed by atoms with Crippen molar-refractivity contribution < 1.29 is 28.6 Å². The van der Waals surface area contributed by atoms with E-state index in [9.17, 15) is 14.4 Å². The number of carbonyl (C=O) groups is 3. The number of carbonyl (C=O) groups excluding carboxylic acids is 3. The lowest BCUT2D eigenvalue weighted by Crippen LogP contribution is -2.56. The zero-order valence-corrected chi connectivity index (χ0v) is 20.3. The van der Waals surface area contributed by atoms with E-state index >= 15 is 0 Å². The topological polar surface area (TPSA) is 82.1 Å². The first-order valence-electron chi connectivity index (χ1n) is 11.9. The van der Waals surface area contributed by atoms with E-state index < -0.39 is 11.2 Å². The maximum atomic E-state index is 13.1. The molecule has 4 rings (SSSR count). The Bertz CT molecular complexity index is 947. The van der Waals surface area contributed by atoms with Crippen LogP contribution in [0.2, 0.25) is 0 Å². The van der Waals surface area contributed by atoms with Crippen molar-refractivity contribution in [3.63, 3.8) is 0 Å². The van der Waals surface area contributed by atoms with Gasteiger partial charge < -0.3 is 19.1 Å². The molecule has 7 nitrogen and oxygen atoms in total. The SMILES string of the molecule is COC(=O)C(C)C(c1ccc2c(c1)OC1(CCCN(C(=O)OC(C)(C)C)C1)CC2=O)C1CC1. The molecule has 2 fully saturated rings. The maximum Gasteiger partial charge on any atom is 0.410 e. The number of likely N-dealkylation sites (tertiary alicyclic amines) is 1. The summed E-state index contributed by atoms with van der Waals surface area (Å²) in [4.78, 5) is 39.7. The van der Waals surface area contributed by atoms with Crippen LogP contribution >= 0.6 is 0 Å². The standard InChI is InChI=1S/C26H35NO6/c1-16(23(29)31-5)22(17-7-8-17)18-9-10-19-20(28)14-26(32-21(19)13-18)11-6-12-27(15-26)24(30)33-25(2,3)4/h9-10,13,16-17,22H,6-8,11-12,14-15H2,1-5H3. The number of nitrogens with zero attached hydrogens (tertiary/aromatic N) is 1. The van der Waals surface area contributed by atoms with Crippen molar-refractivity contribution in [2.24, 2.45) is 11.8 Å². The number of ketones is 1. The second-order valence-corrected chi connectivity index (χ2v) is 10.8. The molecule has 1 aromatic carbocycles. The molecule has 1 aromatic rings. The van der Waals surface area contributed by atoms with Gasteiger partial charge in [0.2, 0.25) is 0 Å². The average Bonchev–Trinajstić information content (AvgIpc) is 3.56. The van der Waals surface area contributed by atoms with Crippen LogP contribution in [0.25, 0.3) is 0 Å². The maximum absolute atomic E-state index is 13.1. The highest BCUT2D eigenvalue weighted by Gasteiger charge is 2.46. The molecular weight excluding hydrogens is 422 g/mol. The summed E-state index contributed by atoms with van der Waals surface area (Å²) in [5, 5.41) is 0. The number of methoxy groups -OCH3 is 1. The van der Waals surface area contributed by atoms with Crippen LogP contribution in [0.1, 0.15) is 81.6 Å². The fourth-order valence-corrected chi connectivity index (χ4v) is 5.28. The first-order valence-corrected chi connectivity index (χ1v) is 11.9. The van der Waals surface area contributed by atoms with Crippen LogP contribution in [0.5, 0.6) is 5.75 Å². The third kappa shape index (κ3) is 5.02. The van der Waals surface area contributed by atoms with Crippen molar-refractivity contribution in [3.05, 3.63) is 29.3 Å². The van der Waals surface area contributed by atoms with Gasteiger partial charge in [0.15, 0.2) is 5.78 Å². The number of rotatable bonds is 4. The van der Waals surface area contributed by atoms with Gasteiger partial charge in [0, 0.05) is 6.54 Å². The van der Waals surface area contributed by atoms with Gasteiger partial charge in [-0.05, 0) is 76.0 Å². The van der Waals surface area contributed by atoms with E-state index in [0.29, 0.717) is 36.7 Å². The van der Waals surface area contributed by atoms with E-state index in [2.05, 4.69) is 0 Å². The van der Waals surface area contributed by atoms with Gasteiger partial charge in [0.1, 0.15) is 17.0 Å². The van der Waals surface area contributed by atoms with Crippen molar-refractivity contribution >= 4 is 17.8 Å². The van der Waals surface area contributed by atoms with Crippen LogP contribution in [0.4, 0.5) is 4.79 Å². The molecule has 1 saturated carbocycles. The summed E-state index contributed by atoms with van der Waals surface area (Å²) < 4.78 is 17.1. The minimum absolute atomic E-state index is 0.0258. The Hall–Kier alpha value is -2.57. The molecule has 0 N–H and O–H groups in total. The average molecular weight is 458 g/mol. The number of hydrogen-bond acceptors (Lipinski definition) is 6. The number of fused-ring (bicyclic) bond motifs is 1. The van der Waals surface area contributed by atoms with E-state index in [1.807, 2.05) is 45.9 Å². The van der Waals surface area contributed by atoms with E-state index in [1.54, 1.807) is 4.90 Å². The summed E-state index contributed by atoms with van der Waals surface area (Å²) in [5.41, 5.74) is 0.236. The lowest BCUT2D eigenvalue weighted by Gasteiger charge is -2.45. The summed E-state index contributed by atoms with van der Waals surface area (Å²) in [6.07, 6.45) is 3.47. The zero-order valence-electron chi connectivity index (χ0n) is 20.3. The monoisotopic (exact) mass is 457 g/mol. The number of piperidine rings is 1. The lowest BCUT2D eigenvalue weighted by molar-refractivity contribution is -0.145. The Morgan fingerprint density at radius 3 is 2.61 bits per heavy atom. The van der Waals surface area contributed by atoms with Gasteiger partial charge in [0.25, 0.3) is 0 Å². The molecule has 3 aliphatic rings. The molecule has 2 aliphatic heterocycles. The van der Waals surface area contributed by atoms with Gasteiger partial charge in [-0.3, -0.25) is 9.59 Å². The number of esters is 1. The summed E-state index contributed by atoms with van der Waals surface area (Å²) in [7, 11) is 1.42. The van der Waals surface area contributed by atoms with Crippen molar-refractivity contribution in [1.29, 1.82) is 0 Å². The number of hydrogen-bond donors (Lipinski definition) is 0. The molecule has 1 saturated heterocycles. The highest BCUT2D eigenvalue weighted by molar-refractivity contribution is 6.00. The molecule has 0 aromatic heterocycles. The van der Waals surface area contributed by atoms with Gasteiger partial charge in [-0.1, -0.05) is 13.0 Å². The molecule has 3 atom stereocenters. The van der Waals surface area contributed by atoms with Crippen LogP contribution in [0.3, 0.4) is 0 Å². The Morgan fingerprint density at radius 1 is 1.24 bits per heavy atom. The van der Waals surface area contributed by atoms with Crippen LogP contribution in [-0.2, 0) is 14.3 Å². The van der Waals surface area contributed by atoms with Gasteiger partial charge in [-0.15, -0.1) is 0 Å². The van der Waals surface area contributed by atoms with Gasteiger partial charge in [0.05, 0.1) is 31.6 Å². The number of ether oxygens (including phenoxy) is 3. The number of benzene rings is 1.